The van der Waals surface area contributed by atoms with Crippen molar-refractivity contribution in [3.63, 3.8) is 0 Å². The van der Waals surface area contributed by atoms with E-state index in [1.54, 1.807) is 0 Å². The van der Waals surface area contributed by atoms with Crippen molar-refractivity contribution in [1.29, 1.82) is 0 Å². The lowest BCUT2D eigenvalue weighted by molar-refractivity contribution is -0.192. The second-order valence-corrected chi connectivity index (χ2v) is 7.75. The highest BCUT2D eigenvalue weighted by Crippen LogP contribution is 2.24. The van der Waals surface area contributed by atoms with Crippen molar-refractivity contribution in [3.05, 3.63) is 42.6 Å². The summed E-state index contributed by atoms with van der Waals surface area (Å²) < 4.78 is 31.7. The molecule has 2 saturated heterocycles. The molecule has 2 N–H and O–H groups in total. The number of nitrogens with one attached hydrogen (secondary N) is 1. The van der Waals surface area contributed by atoms with Crippen LogP contribution >= 0.6 is 0 Å². The predicted octanol–water partition coefficient (Wildman–Crippen LogP) is 2.43. The van der Waals surface area contributed by atoms with Crippen LogP contribution in [0.15, 0.2) is 42.6 Å². The minimum absolute atomic E-state index is 0.140. The van der Waals surface area contributed by atoms with E-state index in [4.69, 9.17) is 14.9 Å². The van der Waals surface area contributed by atoms with E-state index < -0.39 is 12.1 Å². The fourth-order valence-electron chi connectivity index (χ4n) is 3.74. The molecule has 2 aliphatic heterocycles. The van der Waals surface area contributed by atoms with Crippen LogP contribution in [-0.4, -0.2) is 77.3 Å². The lowest BCUT2D eigenvalue weighted by Gasteiger charge is -2.35. The third-order valence-corrected chi connectivity index (χ3v) is 5.51. The summed E-state index contributed by atoms with van der Waals surface area (Å²) in [7, 11) is 0. The van der Waals surface area contributed by atoms with E-state index in [2.05, 4.69) is 27.3 Å². The molecule has 0 spiro atoms. The second-order valence-electron chi connectivity index (χ2n) is 7.75. The number of aromatic nitrogens is 2. The Labute approximate surface area is 189 Å². The number of aliphatic carboxylic acids is 1. The summed E-state index contributed by atoms with van der Waals surface area (Å²) in [5.41, 5.74) is 2.04. The largest absolute Gasteiger partial charge is 0.490 e. The summed E-state index contributed by atoms with van der Waals surface area (Å²) in [6, 6.07) is 12.1. The monoisotopic (exact) mass is 465 g/mol. The molecule has 2 aliphatic rings. The van der Waals surface area contributed by atoms with Gasteiger partial charge in [-0.25, -0.2) is 14.8 Å². The molecule has 0 unspecified atom stereocenters. The van der Waals surface area contributed by atoms with Gasteiger partial charge in [0.15, 0.2) is 0 Å². The Hall–Kier alpha value is -3.21. The normalized spacial score (nSPS) is 17.2. The third kappa shape index (κ3) is 6.88. The number of halogens is 3. The number of anilines is 1. The Kier molecular flexibility index (Phi) is 8.21. The molecule has 2 fully saturated rings. The number of amides is 1. The molecule has 0 radical (unpaired) electrons. The first-order valence-electron chi connectivity index (χ1n) is 10.7. The second kappa shape index (κ2) is 11.1. The van der Waals surface area contributed by atoms with Crippen LogP contribution in [-0.2, 0) is 9.59 Å². The van der Waals surface area contributed by atoms with Gasteiger partial charge in [-0.1, -0.05) is 30.3 Å². The van der Waals surface area contributed by atoms with Crippen LogP contribution in [0, 0.1) is 5.92 Å². The van der Waals surface area contributed by atoms with Crippen molar-refractivity contribution < 1.29 is 27.9 Å². The minimum Gasteiger partial charge on any atom is -0.475 e. The standard InChI is InChI=1S/C20H25N5O.C2HF3O2/c26-19(24-14-10-21-11-15-24)17-7-12-25(13-8-17)20-22-9-6-18(23-20)16-4-2-1-3-5-16;3-2(4,5)1(6)7/h1-6,9,17,21H,7-8,10-15H2;(H,6,7). The molecule has 3 heterocycles. The smallest absolute Gasteiger partial charge is 0.475 e. The molecule has 0 atom stereocenters. The zero-order chi connectivity index (χ0) is 23.8. The van der Waals surface area contributed by atoms with Crippen LogP contribution in [0.3, 0.4) is 0 Å². The Bertz CT molecular complexity index is 928. The quantitative estimate of drug-likeness (QED) is 0.718. The molecule has 33 heavy (non-hydrogen) atoms. The van der Waals surface area contributed by atoms with Gasteiger partial charge in [0.25, 0.3) is 0 Å². The molecule has 8 nitrogen and oxygen atoms in total. The number of carboxylic acids is 1. The average Bonchev–Trinajstić information content (AvgIpc) is 2.85. The number of hydrogen-bond acceptors (Lipinski definition) is 6. The van der Waals surface area contributed by atoms with Gasteiger partial charge in [0.1, 0.15) is 0 Å². The van der Waals surface area contributed by atoms with Crippen LogP contribution < -0.4 is 10.2 Å². The Morgan fingerprint density at radius 1 is 1.00 bits per heavy atom. The molecule has 0 saturated carbocycles. The molecule has 11 heteroatoms. The highest BCUT2D eigenvalue weighted by Gasteiger charge is 2.38. The van der Waals surface area contributed by atoms with Crippen LogP contribution in [0.4, 0.5) is 19.1 Å². The highest BCUT2D eigenvalue weighted by atomic mass is 19.4. The van der Waals surface area contributed by atoms with Crippen LogP contribution in [0.5, 0.6) is 0 Å². The van der Waals surface area contributed by atoms with Crippen LogP contribution in [0.2, 0.25) is 0 Å². The maximum absolute atomic E-state index is 12.7. The summed E-state index contributed by atoms with van der Waals surface area (Å²) in [5, 5.41) is 10.4. The van der Waals surface area contributed by atoms with Gasteiger partial charge in [0.2, 0.25) is 11.9 Å². The predicted molar refractivity (Wildman–Crippen MR) is 116 cm³/mol. The average molecular weight is 465 g/mol. The molecule has 1 aromatic heterocycles. The number of carbonyl (C=O) groups excluding carboxylic acids is 1. The van der Waals surface area contributed by atoms with E-state index >= 15 is 0 Å². The van der Waals surface area contributed by atoms with E-state index in [0.29, 0.717) is 5.91 Å². The van der Waals surface area contributed by atoms with Gasteiger partial charge in [-0.05, 0) is 18.9 Å². The minimum atomic E-state index is -5.08. The lowest BCUT2D eigenvalue weighted by atomic mass is 9.95. The Morgan fingerprint density at radius 3 is 2.18 bits per heavy atom. The number of hydrogen-bond donors (Lipinski definition) is 2. The first-order chi connectivity index (χ1) is 15.8. The van der Waals surface area contributed by atoms with Gasteiger partial charge in [-0.3, -0.25) is 4.79 Å². The maximum Gasteiger partial charge on any atom is 0.490 e. The van der Waals surface area contributed by atoms with Crippen molar-refractivity contribution in [2.24, 2.45) is 5.92 Å². The first kappa shape index (κ1) is 24.4. The summed E-state index contributed by atoms with van der Waals surface area (Å²) in [6.45, 7) is 5.15. The van der Waals surface area contributed by atoms with Gasteiger partial charge in [-0.15, -0.1) is 0 Å². The van der Waals surface area contributed by atoms with Crippen molar-refractivity contribution >= 4 is 17.8 Å². The van der Waals surface area contributed by atoms with E-state index in [-0.39, 0.29) is 5.92 Å². The fraction of sp³-hybridized carbons (Fsp3) is 0.455. The number of rotatable bonds is 3. The van der Waals surface area contributed by atoms with Crippen molar-refractivity contribution in [3.8, 4) is 11.3 Å². The van der Waals surface area contributed by atoms with Gasteiger partial charge >= 0.3 is 12.1 Å². The molecule has 0 aliphatic carbocycles. The van der Waals surface area contributed by atoms with Crippen LogP contribution in [0.1, 0.15) is 12.8 Å². The number of alkyl halides is 3. The van der Waals surface area contributed by atoms with Gasteiger partial charge in [0, 0.05) is 56.9 Å². The number of carboxylic acid groups (broad SMARTS) is 1. The zero-order valence-corrected chi connectivity index (χ0v) is 18.0. The van der Waals surface area contributed by atoms with Gasteiger partial charge < -0.3 is 20.2 Å². The molecule has 1 aromatic carbocycles. The first-order valence-corrected chi connectivity index (χ1v) is 10.7. The SMILES string of the molecule is O=C(C1CCN(c2nccc(-c3ccccc3)n2)CC1)N1CCNCC1.O=C(O)C(F)(F)F. The number of nitrogens with zero attached hydrogens (tertiary/aromatic N) is 4. The van der Waals surface area contributed by atoms with Crippen molar-refractivity contribution in [1.82, 2.24) is 20.2 Å². The summed E-state index contributed by atoms with van der Waals surface area (Å²) in [6.07, 6.45) is -1.51. The third-order valence-electron chi connectivity index (χ3n) is 5.51. The Balaban J connectivity index is 0.000000383. The van der Waals surface area contributed by atoms with Crippen molar-refractivity contribution in [2.75, 3.05) is 44.2 Å². The topological polar surface area (TPSA) is 98.7 Å². The molecule has 1 amide bonds. The molecule has 2 aromatic rings. The number of carbonyl (C=O) groups is 2. The molecule has 4 rings (SSSR count). The molecule has 0 bridgehead atoms. The molecular weight excluding hydrogens is 439 g/mol. The fourth-order valence-corrected chi connectivity index (χ4v) is 3.74. The van der Waals surface area contributed by atoms with Crippen molar-refractivity contribution in [2.45, 2.75) is 19.0 Å². The number of piperidine rings is 1. The van der Waals surface area contributed by atoms with Gasteiger partial charge in [0.05, 0.1) is 5.69 Å². The summed E-state index contributed by atoms with van der Waals surface area (Å²) in [5.74, 6) is -1.53. The van der Waals surface area contributed by atoms with E-state index in [0.717, 1.165) is 69.3 Å². The van der Waals surface area contributed by atoms with Gasteiger partial charge in [-0.2, -0.15) is 13.2 Å². The van der Waals surface area contributed by atoms with E-state index in [1.807, 2.05) is 35.4 Å². The summed E-state index contributed by atoms with van der Waals surface area (Å²) >= 11 is 0. The lowest BCUT2D eigenvalue weighted by Crippen LogP contribution is -2.50. The summed E-state index contributed by atoms with van der Waals surface area (Å²) in [4.78, 5) is 35.0. The number of benzene rings is 1. The molecular formula is C22H26F3N5O3. The van der Waals surface area contributed by atoms with E-state index in [1.165, 1.54) is 0 Å². The molecule has 178 valence electrons. The number of piperazine rings is 1. The highest BCUT2D eigenvalue weighted by molar-refractivity contribution is 5.79. The zero-order valence-electron chi connectivity index (χ0n) is 18.0. The Morgan fingerprint density at radius 2 is 1.61 bits per heavy atom. The maximum atomic E-state index is 12.7. The van der Waals surface area contributed by atoms with E-state index in [9.17, 15) is 18.0 Å². The van der Waals surface area contributed by atoms with Crippen LogP contribution in [0.25, 0.3) is 11.3 Å².